The van der Waals surface area contributed by atoms with E-state index in [0.29, 0.717) is 56.0 Å². The Balaban J connectivity index is 0.778. The molecule has 7 amide bonds. The van der Waals surface area contributed by atoms with Crippen LogP contribution in [0.2, 0.25) is 0 Å². The average molecular weight is 1940 g/mol. The first-order valence-electron chi connectivity index (χ1n) is 50.8. The second-order valence-corrected chi connectivity index (χ2v) is 39.5. The molecule has 137 heavy (non-hydrogen) atoms. The molecular weight excluding hydrogens is 1770 g/mol. The summed E-state index contributed by atoms with van der Waals surface area (Å²) in [6.45, 7) is 24.6. The zero-order valence-corrected chi connectivity index (χ0v) is 83.9. The van der Waals surface area contributed by atoms with E-state index in [0.717, 1.165) is 127 Å². The van der Waals surface area contributed by atoms with Crippen LogP contribution in [0.3, 0.4) is 0 Å². The Morgan fingerprint density at radius 3 is 1.39 bits per heavy atom. The molecule has 1 aromatic carbocycles. The third-order valence-electron chi connectivity index (χ3n) is 28.2. The molecule has 0 aromatic heterocycles. The van der Waals surface area contributed by atoms with E-state index in [1.165, 1.54) is 98.3 Å². The highest BCUT2D eigenvalue weighted by Crippen LogP contribution is 2.68. The van der Waals surface area contributed by atoms with E-state index in [1.807, 2.05) is 30.3 Å². The molecule has 6 fully saturated rings. The van der Waals surface area contributed by atoms with E-state index in [2.05, 4.69) is 72.6 Å². The second-order valence-electron chi connectivity index (χ2n) is 39.5. The van der Waals surface area contributed by atoms with Gasteiger partial charge in [-0.15, -0.1) is 0 Å². The first kappa shape index (κ1) is 114. The molecule has 0 bridgehead atoms. The van der Waals surface area contributed by atoms with E-state index < -0.39 is 127 Å². The van der Waals surface area contributed by atoms with Crippen LogP contribution in [-0.2, 0) is 135 Å². The molecule has 6 N–H and O–H groups in total. The Bertz CT molecular complexity index is 3970. The molecule has 3 saturated carbocycles. The molecule has 3 aliphatic heterocycles. The second kappa shape index (κ2) is 60.0. The molecule has 13 unspecified atom stereocenters. The maximum Gasteiger partial charge on any atom is 0.410 e. The lowest BCUT2D eigenvalue weighted by molar-refractivity contribution is -0.277. The van der Waals surface area contributed by atoms with Crippen molar-refractivity contribution in [2.45, 2.75) is 356 Å². The van der Waals surface area contributed by atoms with E-state index >= 15 is 0 Å². The van der Waals surface area contributed by atoms with Crippen molar-refractivity contribution in [1.82, 2.24) is 36.8 Å². The number of hydrogen-bond acceptors (Lipinski definition) is 28. The van der Waals surface area contributed by atoms with Crippen LogP contribution < -0.4 is 31.9 Å². The molecule has 4 aliphatic carbocycles. The summed E-state index contributed by atoms with van der Waals surface area (Å²) < 4.78 is 88.4. The summed E-state index contributed by atoms with van der Waals surface area (Å²) in [5, 5.41) is 16.9. The number of carbonyl (C=O) groups excluding carboxylic acids is 13. The molecule has 35 heteroatoms. The molecule has 7 aliphatic rings. The molecule has 8 rings (SSSR count). The highest BCUT2D eigenvalue weighted by atomic mass is 16.7. The average Bonchev–Trinajstić information content (AvgIpc) is 1.64. The third-order valence-corrected chi connectivity index (χ3v) is 28.2. The van der Waals surface area contributed by atoms with Crippen LogP contribution in [0, 0.1) is 58.2 Å². The molecule has 0 spiro atoms. The minimum absolute atomic E-state index is 0.00336. The van der Waals surface area contributed by atoms with Gasteiger partial charge in [-0.25, -0.2) is 4.79 Å². The van der Waals surface area contributed by atoms with Crippen LogP contribution in [0.5, 0.6) is 0 Å². The number of allylic oxidation sites excluding steroid dienone is 1. The van der Waals surface area contributed by atoms with Crippen LogP contribution in [-0.4, -0.2) is 261 Å². The molecule has 35 nitrogen and oxygen atoms in total. The number of nitrogens with zero attached hydrogens (tertiary/aromatic N) is 1. The summed E-state index contributed by atoms with van der Waals surface area (Å²) in [7, 11) is 0. The Labute approximate surface area is 811 Å². The first-order chi connectivity index (χ1) is 65.6. The normalized spacial score (nSPS) is 27.4. The van der Waals surface area contributed by atoms with Crippen molar-refractivity contribution in [2.75, 3.05) is 105 Å². The fourth-order valence-corrected chi connectivity index (χ4v) is 21.6. The molecule has 774 valence electrons. The van der Waals surface area contributed by atoms with Gasteiger partial charge in [0.25, 0.3) is 0 Å². The monoisotopic (exact) mass is 1930 g/mol. The lowest BCUT2D eigenvalue weighted by Gasteiger charge is -2.59. The smallest absolute Gasteiger partial charge is 0.410 e. The minimum Gasteiger partial charge on any atom is -0.463 e. The van der Waals surface area contributed by atoms with Crippen molar-refractivity contribution in [2.24, 2.45) is 58.2 Å². The molecule has 3 heterocycles. The summed E-state index contributed by atoms with van der Waals surface area (Å²) in [4.78, 5) is 166. The largest absolute Gasteiger partial charge is 0.463 e. The van der Waals surface area contributed by atoms with E-state index in [9.17, 15) is 62.3 Å². The fraction of sp³-hybridized carbons (Fsp3) is 0.794. The summed E-state index contributed by atoms with van der Waals surface area (Å²) in [5.41, 5.74) is 3.34. The summed E-state index contributed by atoms with van der Waals surface area (Å²) in [6.07, 6.45) is 17.8. The zero-order valence-electron chi connectivity index (χ0n) is 83.9. The van der Waals surface area contributed by atoms with Gasteiger partial charge in [0.05, 0.1) is 38.6 Å². The van der Waals surface area contributed by atoms with Crippen molar-refractivity contribution >= 4 is 77.4 Å². The minimum atomic E-state index is -1.28. The van der Waals surface area contributed by atoms with Gasteiger partial charge in [-0.3, -0.25) is 57.5 Å². The molecule has 1 aromatic rings. The Morgan fingerprint density at radius 1 is 0.431 bits per heavy atom. The predicted molar refractivity (Wildman–Crippen MR) is 504 cm³/mol. The van der Waals surface area contributed by atoms with Gasteiger partial charge in [0.1, 0.15) is 44.1 Å². The number of piperidine rings is 1. The number of likely N-dealkylation sites (tertiary alicyclic amines) is 1. The number of hydrogen-bond donors (Lipinski definition) is 6. The van der Waals surface area contributed by atoms with E-state index in [1.54, 1.807) is 10.5 Å². The Hall–Kier alpha value is -8.45. The van der Waals surface area contributed by atoms with Gasteiger partial charge in [-0.2, -0.15) is 0 Å². The van der Waals surface area contributed by atoms with Gasteiger partial charge in [0, 0.05) is 159 Å². The maximum atomic E-state index is 14.1. The van der Waals surface area contributed by atoms with Crippen molar-refractivity contribution in [3.8, 4) is 0 Å². The molecular formula is C102H163N7O28. The SMILES string of the molecule is CC(=O)NC1C(OCCCCC(=O)NCCCNC(=O)CCOCC2CN(C(=O)OCc3ccccc3)CC(COCCCCCCCCCCO[C@@H]3C=C4CC[C@H]5[C@@H]6CC[C@H]([C@H](C)CCCC(C)C)[C@@]6(C)CC[C@@H]5[C@@]4(C)CC3)C2OCCC(=O)NCCCNC(=O)CCCCOC2OC(COC(C)=O)C(OC(C)=O)C(OC(C)=O)C2NC(C)=O)OC(COC(C)=O)C(OC(C)=O)C1OC(C)=O. The number of benzene rings is 1. The van der Waals surface area contributed by atoms with Gasteiger partial charge >= 0.3 is 41.9 Å². The summed E-state index contributed by atoms with van der Waals surface area (Å²) >= 11 is 0. The van der Waals surface area contributed by atoms with Gasteiger partial charge in [-0.1, -0.05) is 134 Å². The lowest BCUT2D eigenvalue weighted by atomic mass is 9.46. The summed E-state index contributed by atoms with van der Waals surface area (Å²) in [6, 6.07) is 7.12. The fourth-order valence-electron chi connectivity index (χ4n) is 21.6. The van der Waals surface area contributed by atoms with Crippen molar-refractivity contribution < 1.29 is 133 Å². The van der Waals surface area contributed by atoms with Crippen molar-refractivity contribution in [3.63, 3.8) is 0 Å². The van der Waals surface area contributed by atoms with Gasteiger partial charge < -0.3 is 108 Å². The summed E-state index contributed by atoms with van der Waals surface area (Å²) in [5.74, 6) is -2.07. The molecule has 21 atom stereocenters. The molecule has 0 radical (unpaired) electrons. The van der Waals surface area contributed by atoms with Crippen LogP contribution in [0.1, 0.15) is 282 Å². The van der Waals surface area contributed by atoms with E-state index in [-0.39, 0.29) is 160 Å². The number of unbranched alkanes of at least 4 members (excludes halogenated alkanes) is 9. The van der Waals surface area contributed by atoms with Crippen LogP contribution in [0.15, 0.2) is 42.0 Å². The number of carbonyl (C=O) groups is 13. The zero-order chi connectivity index (χ0) is 99.4. The number of amides is 7. The van der Waals surface area contributed by atoms with Crippen molar-refractivity contribution in [3.05, 3.63) is 47.5 Å². The Kier molecular flexibility index (Phi) is 49.8. The third kappa shape index (κ3) is 38.8. The molecule has 3 saturated heterocycles. The van der Waals surface area contributed by atoms with Crippen LogP contribution >= 0.6 is 0 Å². The lowest BCUT2D eigenvalue weighted by Crippen LogP contribution is -2.66. The first-order valence-corrected chi connectivity index (χ1v) is 50.8. The quantitative estimate of drug-likeness (QED) is 0.0153. The topological polar surface area (TPSA) is 436 Å². The number of nitrogens with one attached hydrogen (secondary N) is 6. The maximum absolute atomic E-state index is 14.1. The number of ether oxygens (including phenoxy) is 15. The van der Waals surface area contributed by atoms with Crippen molar-refractivity contribution in [1.29, 1.82) is 0 Å². The predicted octanol–water partition coefficient (Wildman–Crippen LogP) is 11.5. The number of rotatable bonds is 60. The highest BCUT2D eigenvalue weighted by molar-refractivity contribution is 5.78. The van der Waals surface area contributed by atoms with Gasteiger partial charge in [0.15, 0.2) is 37.0 Å². The van der Waals surface area contributed by atoms with E-state index in [4.69, 9.17) is 71.1 Å². The van der Waals surface area contributed by atoms with Crippen LogP contribution in [0.25, 0.3) is 0 Å². The number of fused-ring (bicyclic) bond motifs is 5. The van der Waals surface area contributed by atoms with Gasteiger partial charge in [0.2, 0.25) is 35.4 Å². The Morgan fingerprint density at radius 2 is 0.898 bits per heavy atom. The van der Waals surface area contributed by atoms with Gasteiger partial charge in [-0.05, 0) is 155 Å². The highest BCUT2D eigenvalue weighted by Gasteiger charge is 2.60. The van der Waals surface area contributed by atoms with Crippen LogP contribution in [0.4, 0.5) is 4.79 Å². The number of esters is 6. The standard InChI is InChI=1S/C102H163N7O28/c1-66(2)32-29-33-67(3)82-40-41-83-81-39-38-79-58-80(42-46-101(79,12)84(81)43-47-102(82,83)13)125-53-26-19-17-15-14-16-18-25-52-123-62-77-59-109(100(122)131-61-76-34-21-20-22-35-76)60-78(63-124-56-44-89(120)105-50-30-48-103-87(118)36-23-27-54-127-98-91(107-68(4)110)96(134-74(10)116)94(132-72(8)114)85(136-98)64-129-70(6)112)93(77)126-57-45-90(121)106-51-31-49-104-88(119)37-24-28-55-128-99-92(108-69(5)111)97(135-75(11)117)95(133-73(9)115)86(137-99)65-130-71(7)113/h20-22,34-35,58,66-67,77-78,80-86,91-99H,14-19,23-33,36-57,59-65H2,1-13H3,(H,103,118)(H,104,119)(H,105,120)(H,106,121)(H,107,110)(H,108,111)/t67-,77?,78?,80+,81+,82-,83+,84+,85?,86?,91?,92?,93?,94?,95?,96?,97?,98?,99?,101+,102-/m1/s1.